The van der Waals surface area contributed by atoms with Crippen LogP contribution in [0.4, 0.5) is 5.69 Å². The van der Waals surface area contributed by atoms with E-state index in [2.05, 4.69) is 26.2 Å². The standard InChI is InChI=1S/C12H13BrN2O2/c1-2-16-12-10(4-3-7-14-12)15-8-9-5-6-11(13)17-9/h3-7,15H,2,8H2,1H3. The van der Waals surface area contributed by atoms with E-state index in [-0.39, 0.29) is 0 Å². The maximum absolute atomic E-state index is 5.42. The normalized spacial score (nSPS) is 10.2. The van der Waals surface area contributed by atoms with E-state index < -0.39 is 0 Å². The Hall–Kier alpha value is -1.49. The highest BCUT2D eigenvalue weighted by atomic mass is 79.9. The van der Waals surface area contributed by atoms with Crippen LogP contribution in [0.2, 0.25) is 0 Å². The van der Waals surface area contributed by atoms with E-state index in [0.717, 1.165) is 16.1 Å². The van der Waals surface area contributed by atoms with Crippen molar-refractivity contribution in [2.24, 2.45) is 0 Å². The van der Waals surface area contributed by atoms with Gasteiger partial charge in [-0.25, -0.2) is 4.98 Å². The summed E-state index contributed by atoms with van der Waals surface area (Å²) in [7, 11) is 0. The van der Waals surface area contributed by atoms with Crippen molar-refractivity contribution in [1.82, 2.24) is 4.98 Å². The van der Waals surface area contributed by atoms with E-state index in [4.69, 9.17) is 9.15 Å². The molecule has 4 nitrogen and oxygen atoms in total. The smallest absolute Gasteiger partial charge is 0.237 e. The molecule has 0 atom stereocenters. The third kappa shape index (κ3) is 3.23. The molecule has 0 amide bonds. The molecule has 5 heteroatoms. The Balaban J connectivity index is 2.03. The van der Waals surface area contributed by atoms with Crippen molar-refractivity contribution in [1.29, 1.82) is 0 Å². The lowest BCUT2D eigenvalue weighted by atomic mass is 10.3. The molecule has 0 fully saturated rings. The molecule has 17 heavy (non-hydrogen) atoms. The van der Waals surface area contributed by atoms with Gasteiger partial charge in [-0.05, 0) is 47.1 Å². The van der Waals surface area contributed by atoms with Crippen molar-refractivity contribution in [3.63, 3.8) is 0 Å². The number of pyridine rings is 1. The number of rotatable bonds is 5. The van der Waals surface area contributed by atoms with Crippen LogP contribution in [0.15, 0.2) is 39.5 Å². The Kier molecular flexibility index (Phi) is 4.03. The molecule has 2 aromatic heterocycles. The molecule has 0 saturated heterocycles. The van der Waals surface area contributed by atoms with Gasteiger partial charge in [-0.15, -0.1) is 0 Å². The van der Waals surface area contributed by atoms with Crippen molar-refractivity contribution < 1.29 is 9.15 Å². The van der Waals surface area contributed by atoms with Crippen molar-refractivity contribution in [3.8, 4) is 5.88 Å². The molecule has 0 bridgehead atoms. The molecular formula is C12H13BrN2O2. The molecular weight excluding hydrogens is 284 g/mol. The molecule has 0 radical (unpaired) electrons. The third-order valence-corrected chi connectivity index (χ3v) is 2.56. The fraction of sp³-hybridized carbons (Fsp3) is 0.250. The first-order valence-electron chi connectivity index (χ1n) is 5.35. The second-order valence-corrected chi connectivity index (χ2v) is 4.13. The Morgan fingerprint density at radius 3 is 3.00 bits per heavy atom. The number of nitrogens with one attached hydrogen (secondary N) is 1. The van der Waals surface area contributed by atoms with Crippen LogP contribution in [0.25, 0.3) is 0 Å². The fourth-order valence-electron chi connectivity index (χ4n) is 1.41. The third-order valence-electron chi connectivity index (χ3n) is 2.13. The molecule has 2 heterocycles. The summed E-state index contributed by atoms with van der Waals surface area (Å²) in [5.41, 5.74) is 0.863. The predicted molar refractivity (Wildman–Crippen MR) is 69.1 cm³/mol. The highest BCUT2D eigenvalue weighted by Crippen LogP contribution is 2.22. The number of halogens is 1. The number of hydrogen-bond donors (Lipinski definition) is 1. The zero-order valence-corrected chi connectivity index (χ0v) is 11.0. The van der Waals surface area contributed by atoms with Gasteiger partial charge in [-0.3, -0.25) is 0 Å². The molecule has 2 rings (SSSR count). The van der Waals surface area contributed by atoms with Gasteiger partial charge < -0.3 is 14.5 Å². The number of nitrogens with zero attached hydrogens (tertiary/aromatic N) is 1. The minimum atomic E-state index is 0.595. The topological polar surface area (TPSA) is 47.3 Å². The first-order valence-corrected chi connectivity index (χ1v) is 6.15. The van der Waals surface area contributed by atoms with Crippen molar-refractivity contribution >= 4 is 21.6 Å². The van der Waals surface area contributed by atoms with Gasteiger partial charge in [0.25, 0.3) is 0 Å². The molecule has 0 aliphatic heterocycles. The summed E-state index contributed by atoms with van der Waals surface area (Å²) in [6, 6.07) is 7.57. The van der Waals surface area contributed by atoms with Gasteiger partial charge >= 0.3 is 0 Å². The first kappa shape index (κ1) is 12.0. The molecule has 0 spiro atoms. The quantitative estimate of drug-likeness (QED) is 0.918. The summed E-state index contributed by atoms with van der Waals surface area (Å²) in [5.74, 6) is 1.46. The lowest BCUT2D eigenvalue weighted by molar-refractivity contribution is 0.328. The molecule has 2 aromatic rings. The fourth-order valence-corrected chi connectivity index (χ4v) is 1.75. The van der Waals surface area contributed by atoms with E-state index in [1.807, 2.05) is 31.2 Å². The molecule has 0 aromatic carbocycles. The van der Waals surface area contributed by atoms with Crippen LogP contribution in [0.3, 0.4) is 0 Å². The molecule has 0 unspecified atom stereocenters. The Morgan fingerprint density at radius 1 is 1.41 bits per heavy atom. The molecule has 0 saturated carbocycles. The number of aromatic nitrogens is 1. The lowest BCUT2D eigenvalue weighted by Gasteiger charge is -2.09. The molecule has 0 aliphatic rings. The highest BCUT2D eigenvalue weighted by Gasteiger charge is 2.05. The van der Waals surface area contributed by atoms with Gasteiger partial charge in [0.05, 0.1) is 18.8 Å². The largest absolute Gasteiger partial charge is 0.476 e. The van der Waals surface area contributed by atoms with Crippen LogP contribution in [-0.4, -0.2) is 11.6 Å². The minimum absolute atomic E-state index is 0.595. The van der Waals surface area contributed by atoms with Crippen molar-refractivity contribution in [2.45, 2.75) is 13.5 Å². The van der Waals surface area contributed by atoms with Gasteiger partial charge in [0.15, 0.2) is 4.67 Å². The van der Waals surface area contributed by atoms with Crippen LogP contribution < -0.4 is 10.1 Å². The van der Waals surface area contributed by atoms with Gasteiger partial charge in [0.2, 0.25) is 5.88 Å². The number of furan rings is 1. The van der Waals surface area contributed by atoms with E-state index in [1.165, 1.54) is 0 Å². The van der Waals surface area contributed by atoms with E-state index in [9.17, 15) is 0 Å². The van der Waals surface area contributed by atoms with Crippen molar-refractivity contribution in [3.05, 3.63) is 40.9 Å². The summed E-state index contributed by atoms with van der Waals surface area (Å²) in [6.45, 7) is 3.12. The minimum Gasteiger partial charge on any atom is -0.476 e. The molecule has 90 valence electrons. The van der Waals surface area contributed by atoms with Crippen molar-refractivity contribution in [2.75, 3.05) is 11.9 Å². The van der Waals surface area contributed by atoms with Crippen LogP contribution in [0.5, 0.6) is 5.88 Å². The van der Waals surface area contributed by atoms with E-state index in [0.29, 0.717) is 19.0 Å². The summed E-state index contributed by atoms with van der Waals surface area (Å²) in [6.07, 6.45) is 1.71. The van der Waals surface area contributed by atoms with Gasteiger partial charge in [0.1, 0.15) is 5.76 Å². The second kappa shape index (κ2) is 5.72. The first-order chi connectivity index (χ1) is 8.29. The van der Waals surface area contributed by atoms with Gasteiger partial charge in [-0.1, -0.05) is 0 Å². The van der Waals surface area contributed by atoms with Crippen LogP contribution in [0.1, 0.15) is 12.7 Å². The highest BCUT2D eigenvalue weighted by molar-refractivity contribution is 9.10. The van der Waals surface area contributed by atoms with Crippen LogP contribution >= 0.6 is 15.9 Å². The van der Waals surface area contributed by atoms with E-state index in [1.54, 1.807) is 6.20 Å². The average Bonchev–Trinajstić information content (AvgIpc) is 2.74. The SMILES string of the molecule is CCOc1ncccc1NCc1ccc(Br)o1. The van der Waals surface area contributed by atoms with E-state index >= 15 is 0 Å². The number of anilines is 1. The zero-order valence-electron chi connectivity index (χ0n) is 9.44. The Bertz CT molecular complexity index is 485. The average molecular weight is 297 g/mol. The monoisotopic (exact) mass is 296 g/mol. The maximum Gasteiger partial charge on any atom is 0.237 e. The van der Waals surface area contributed by atoms with Gasteiger partial charge in [-0.2, -0.15) is 0 Å². The molecule has 1 N–H and O–H groups in total. The zero-order chi connectivity index (χ0) is 12.1. The second-order valence-electron chi connectivity index (χ2n) is 3.35. The van der Waals surface area contributed by atoms with Gasteiger partial charge in [0, 0.05) is 6.20 Å². The maximum atomic E-state index is 5.42. The molecule has 0 aliphatic carbocycles. The number of hydrogen-bond acceptors (Lipinski definition) is 4. The van der Waals surface area contributed by atoms with Crippen LogP contribution in [-0.2, 0) is 6.54 Å². The summed E-state index contributed by atoms with van der Waals surface area (Å²) < 4.78 is 11.5. The summed E-state index contributed by atoms with van der Waals surface area (Å²) in [5, 5.41) is 3.23. The predicted octanol–water partition coefficient (Wildman–Crippen LogP) is 3.45. The summed E-state index contributed by atoms with van der Waals surface area (Å²) in [4.78, 5) is 4.16. The Labute approximate surface area is 108 Å². The van der Waals surface area contributed by atoms with Crippen LogP contribution in [0, 0.1) is 0 Å². The lowest BCUT2D eigenvalue weighted by Crippen LogP contribution is -2.03. The summed E-state index contributed by atoms with van der Waals surface area (Å²) >= 11 is 3.27. The number of ether oxygens (including phenoxy) is 1. The Morgan fingerprint density at radius 2 is 2.29 bits per heavy atom.